The highest BCUT2D eigenvalue weighted by Crippen LogP contribution is 2.12. The molecule has 74 valence electrons. The average molecular weight is 210 g/mol. The van der Waals surface area contributed by atoms with Crippen LogP contribution in [0.2, 0.25) is 0 Å². The molecule has 2 aromatic heterocycles. The van der Waals surface area contributed by atoms with Gasteiger partial charge in [0.2, 0.25) is 0 Å². The van der Waals surface area contributed by atoms with Crippen LogP contribution in [0.15, 0.2) is 18.3 Å². The SMILES string of the molecule is Cn1c(CCCCl)nc2ncccc21. The van der Waals surface area contributed by atoms with Gasteiger partial charge in [0.05, 0.1) is 5.52 Å². The first-order valence-electron chi connectivity index (χ1n) is 4.65. The van der Waals surface area contributed by atoms with Crippen LogP contribution in [-0.4, -0.2) is 20.4 Å². The average Bonchev–Trinajstić information content (AvgIpc) is 2.54. The second-order valence-electron chi connectivity index (χ2n) is 3.23. The first kappa shape index (κ1) is 9.46. The van der Waals surface area contributed by atoms with Gasteiger partial charge in [0.1, 0.15) is 5.82 Å². The zero-order chi connectivity index (χ0) is 9.97. The fraction of sp³-hybridized carbons (Fsp3) is 0.400. The van der Waals surface area contributed by atoms with E-state index in [1.807, 2.05) is 19.2 Å². The lowest BCUT2D eigenvalue weighted by Crippen LogP contribution is -1.98. The van der Waals surface area contributed by atoms with E-state index >= 15 is 0 Å². The van der Waals surface area contributed by atoms with Gasteiger partial charge in [-0.05, 0) is 18.6 Å². The molecule has 0 saturated heterocycles. The molecule has 0 fully saturated rings. The van der Waals surface area contributed by atoms with Gasteiger partial charge in [-0.3, -0.25) is 0 Å². The Balaban J connectivity index is 2.41. The number of rotatable bonds is 3. The van der Waals surface area contributed by atoms with E-state index in [4.69, 9.17) is 11.6 Å². The molecule has 3 nitrogen and oxygen atoms in total. The van der Waals surface area contributed by atoms with Crippen molar-refractivity contribution < 1.29 is 0 Å². The van der Waals surface area contributed by atoms with Crippen LogP contribution in [-0.2, 0) is 13.5 Å². The lowest BCUT2D eigenvalue weighted by atomic mass is 10.3. The minimum atomic E-state index is 0.677. The van der Waals surface area contributed by atoms with E-state index in [1.54, 1.807) is 6.20 Å². The van der Waals surface area contributed by atoms with Gasteiger partial charge in [0.25, 0.3) is 0 Å². The molecule has 0 saturated carbocycles. The van der Waals surface area contributed by atoms with Gasteiger partial charge in [-0.2, -0.15) is 0 Å². The van der Waals surface area contributed by atoms with E-state index in [1.165, 1.54) is 0 Å². The van der Waals surface area contributed by atoms with E-state index in [0.29, 0.717) is 5.88 Å². The summed E-state index contributed by atoms with van der Waals surface area (Å²) >= 11 is 5.65. The Bertz CT molecular complexity index is 436. The van der Waals surface area contributed by atoms with Gasteiger partial charge in [-0.25, -0.2) is 9.97 Å². The van der Waals surface area contributed by atoms with Crippen molar-refractivity contribution >= 4 is 22.8 Å². The number of imidazole rings is 1. The van der Waals surface area contributed by atoms with Gasteiger partial charge in [-0.15, -0.1) is 11.6 Å². The second kappa shape index (κ2) is 3.96. The maximum absolute atomic E-state index is 5.65. The van der Waals surface area contributed by atoms with E-state index in [0.717, 1.165) is 29.8 Å². The highest BCUT2D eigenvalue weighted by molar-refractivity contribution is 6.17. The number of fused-ring (bicyclic) bond motifs is 1. The van der Waals surface area contributed by atoms with E-state index in [2.05, 4.69) is 14.5 Å². The Morgan fingerprint density at radius 2 is 2.36 bits per heavy atom. The van der Waals surface area contributed by atoms with Crippen LogP contribution in [0.25, 0.3) is 11.2 Å². The summed E-state index contributed by atoms with van der Waals surface area (Å²) in [5.74, 6) is 1.73. The second-order valence-corrected chi connectivity index (χ2v) is 3.60. The summed E-state index contributed by atoms with van der Waals surface area (Å²) in [5.41, 5.74) is 1.90. The number of hydrogen-bond donors (Lipinski definition) is 0. The van der Waals surface area contributed by atoms with E-state index in [9.17, 15) is 0 Å². The first-order chi connectivity index (χ1) is 6.83. The fourth-order valence-corrected chi connectivity index (χ4v) is 1.65. The summed E-state index contributed by atoms with van der Waals surface area (Å²) in [4.78, 5) is 8.65. The smallest absolute Gasteiger partial charge is 0.177 e. The van der Waals surface area contributed by atoms with Crippen LogP contribution < -0.4 is 0 Å². The van der Waals surface area contributed by atoms with Crippen LogP contribution in [0.4, 0.5) is 0 Å². The molecule has 0 N–H and O–H groups in total. The summed E-state index contributed by atoms with van der Waals surface area (Å²) in [5, 5.41) is 0. The number of halogens is 1. The lowest BCUT2D eigenvalue weighted by Gasteiger charge is -1.99. The molecule has 4 heteroatoms. The van der Waals surface area contributed by atoms with Crippen molar-refractivity contribution in [2.24, 2.45) is 7.05 Å². The van der Waals surface area contributed by atoms with Crippen molar-refractivity contribution in [3.63, 3.8) is 0 Å². The van der Waals surface area contributed by atoms with Crippen LogP contribution in [0.1, 0.15) is 12.2 Å². The van der Waals surface area contributed by atoms with Crippen molar-refractivity contribution in [3.8, 4) is 0 Å². The number of hydrogen-bond acceptors (Lipinski definition) is 2. The third-order valence-corrected chi connectivity index (χ3v) is 2.55. The number of pyridine rings is 1. The Hall–Kier alpha value is -1.09. The fourth-order valence-electron chi connectivity index (χ4n) is 1.52. The standard InChI is InChI=1S/C10H12ClN3/c1-14-8-4-3-7-12-10(8)13-9(14)5-2-6-11/h3-4,7H,2,5-6H2,1H3. The monoisotopic (exact) mass is 209 g/mol. The maximum Gasteiger partial charge on any atom is 0.177 e. The molecule has 0 atom stereocenters. The minimum absolute atomic E-state index is 0.677. The molecule has 2 rings (SSSR count). The van der Waals surface area contributed by atoms with Crippen LogP contribution in [0, 0.1) is 0 Å². The lowest BCUT2D eigenvalue weighted by molar-refractivity contribution is 0.775. The Morgan fingerprint density at radius 1 is 1.50 bits per heavy atom. The van der Waals surface area contributed by atoms with Crippen LogP contribution in [0.3, 0.4) is 0 Å². The summed E-state index contributed by atoms with van der Waals surface area (Å²) in [6.45, 7) is 0. The molecule has 0 bridgehead atoms. The highest BCUT2D eigenvalue weighted by atomic mass is 35.5. The molecule has 0 amide bonds. The molecule has 2 heterocycles. The molecule has 0 aliphatic rings. The molecule has 0 aromatic carbocycles. The van der Waals surface area contributed by atoms with Crippen LogP contribution >= 0.6 is 11.6 Å². The predicted molar refractivity (Wildman–Crippen MR) is 57.6 cm³/mol. The third kappa shape index (κ3) is 1.60. The highest BCUT2D eigenvalue weighted by Gasteiger charge is 2.06. The molecule has 0 radical (unpaired) electrons. The number of aryl methyl sites for hydroxylation is 2. The zero-order valence-corrected chi connectivity index (χ0v) is 8.83. The summed E-state index contributed by atoms with van der Waals surface area (Å²) in [6.07, 6.45) is 3.63. The molecule has 0 aliphatic carbocycles. The summed E-state index contributed by atoms with van der Waals surface area (Å²) in [7, 11) is 2.01. The van der Waals surface area contributed by atoms with Gasteiger partial charge in [-0.1, -0.05) is 0 Å². The van der Waals surface area contributed by atoms with Crippen molar-refractivity contribution in [3.05, 3.63) is 24.2 Å². The number of alkyl halides is 1. The van der Waals surface area contributed by atoms with Crippen molar-refractivity contribution in [2.75, 3.05) is 5.88 Å². The molecule has 0 aliphatic heterocycles. The molecule has 0 unspecified atom stereocenters. The largest absolute Gasteiger partial charge is 0.330 e. The summed E-state index contributed by atoms with van der Waals surface area (Å²) in [6, 6.07) is 3.95. The number of aromatic nitrogens is 3. The predicted octanol–water partition coefficient (Wildman–Crippen LogP) is 2.14. The number of nitrogens with zero attached hydrogens (tertiary/aromatic N) is 3. The molecule has 2 aromatic rings. The van der Waals surface area contributed by atoms with E-state index in [-0.39, 0.29) is 0 Å². The quantitative estimate of drug-likeness (QED) is 0.726. The van der Waals surface area contributed by atoms with Gasteiger partial charge < -0.3 is 4.57 Å². The van der Waals surface area contributed by atoms with Crippen molar-refractivity contribution in [1.82, 2.24) is 14.5 Å². The summed E-state index contributed by atoms with van der Waals surface area (Å²) < 4.78 is 2.08. The molecule has 14 heavy (non-hydrogen) atoms. The van der Waals surface area contributed by atoms with E-state index < -0.39 is 0 Å². The normalized spacial score (nSPS) is 11.0. The molecule has 0 spiro atoms. The Labute approximate surface area is 87.7 Å². The third-order valence-electron chi connectivity index (χ3n) is 2.28. The molecular formula is C10H12ClN3. The minimum Gasteiger partial charge on any atom is -0.330 e. The van der Waals surface area contributed by atoms with Gasteiger partial charge in [0.15, 0.2) is 5.65 Å². The maximum atomic E-state index is 5.65. The zero-order valence-electron chi connectivity index (χ0n) is 8.07. The first-order valence-corrected chi connectivity index (χ1v) is 5.18. The van der Waals surface area contributed by atoms with Gasteiger partial charge in [0, 0.05) is 25.5 Å². The topological polar surface area (TPSA) is 30.7 Å². The Morgan fingerprint density at radius 3 is 3.07 bits per heavy atom. The van der Waals surface area contributed by atoms with Crippen LogP contribution in [0.5, 0.6) is 0 Å². The van der Waals surface area contributed by atoms with Crippen molar-refractivity contribution in [2.45, 2.75) is 12.8 Å². The molecular weight excluding hydrogens is 198 g/mol. The van der Waals surface area contributed by atoms with Crippen molar-refractivity contribution in [1.29, 1.82) is 0 Å². The van der Waals surface area contributed by atoms with Gasteiger partial charge >= 0.3 is 0 Å². The Kier molecular flexibility index (Phi) is 2.68.